The molecule has 9 rings (SSSR count). The molecular formula is C59H77N11O8. The van der Waals surface area contributed by atoms with Gasteiger partial charge in [-0.1, -0.05) is 54.6 Å². The van der Waals surface area contributed by atoms with Crippen LogP contribution in [0.2, 0.25) is 0 Å². The Morgan fingerprint density at radius 2 is 1.63 bits per heavy atom. The Hall–Kier alpha value is -6.77. The van der Waals surface area contributed by atoms with Crippen LogP contribution < -0.4 is 27.4 Å². The highest BCUT2D eigenvalue weighted by atomic mass is 16.5. The number of aromatic nitrogens is 5. The number of fused-ring (bicyclic) bond motifs is 1. The molecule has 4 atom stereocenters. The molecule has 2 saturated heterocycles. The molecule has 0 spiro atoms. The van der Waals surface area contributed by atoms with Crippen LogP contribution in [-0.4, -0.2) is 148 Å². The van der Waals surface area contributed by atoms with Gasteiger partial charge in [-0.3, -0.25) is 43.2 Å². The summed E-state index contributed by atoms with van der Waals surface area (Å²) in [5.41, 5.74) is 12.7. The van der Waals surface area contributed by atoms with Gasteiger partial charge in [0.15, 0.2) is 0 Å². The zero-order valence-electron chi connectivity index (χ0n) is 45.3. The maximum absolute atomic E-state index is 13.7. The van der Waals surface area contributed by atoms with E-state index in [1.165, 1.54) is 15.7 Å². The van der Waals surface area contributed by atoms with Crippen LogP contribution in [0.1, 0.15) is 98.2 Å². The predicted octanol–water partition coefficient (Wildman–Crippen LogP) is 5.35. The molecule has 4 aliphatic rings. The van der Waals surface area contributed by atoms with E-state index in [1.54, 1.807) is 34.8 Å². The van der Waals surface area contributed by atoms with Gasteiger partial charge >= 0.3 is 5.69 Å². The summed E-state index contributed by atoms with van der Waals surface area (Å²) < 4.78 is 23.3. The number of hydrogen-bond acceptors (Lipinski definition) is 13. The zero-order valence-corrected chi connectivity index (χ0v) is 45.3. The first-order valence-corrected chi connectivity index (χ1v) is 27.9. The molecule has 5 N–H and O–H groups in total. The summed E-state index contributed by atoms with van der Waals surface area (Å²) in [7, 11) is 3.55. The summed E-state index contributed by atoms with van der Waals surface area (Å²) >= 11 is 0. The Balaban J connectivity index is 0.634. The Morgan fingerprint density at radius 3 is 2.38 bits per heavy atom. The number of carbonyl (C=O) groups is 4. The highest BCUT2D eigenvalue weighted by molar-refractivity contribution is 6.00. The van der Waals surface area contributed by atoms with Crippen molar-refractivity contribution in [3.8, 4) is 11.1 Å². The summed E-state index contributed by atoms with van der Waals surface area (Å²) in [5, 5.41) is 12.9. The summed E-state index contributed by atoms with van der Waals surface area (Å²) in [6.45, 7) is 9.01. The van der Waals surface area contributed by atoms with Crippen LogP contribution in [0.15, 0.2) is 96.2 Å². The third kappa shape index (κ3) is 14.5. The van der Waals surface area contributed by atoms with Gasteiger partial charge in [-0.05, 0) is 106 Å². The number of nitrogens with two attached hydrogens (primary N) is 1. The summed E-state index contributed by atoms with van der Waals surface area (Å²) in [4.78, 5) is 73.0. The van der Waals surface area contributed by atoms with Crippen LogP contribution in [0.5, 0.6) is 0 Å². The van der Waals surface area contributed by atoms with Crippen molar-refractivity contribution in [3.05, 3.63) is 119 Å². The Bertz CT molecular complexity index is 2990. The molecule has 0 radical (unpaired) electrons. The quantitative estimate of drug-likeness (QED) is 0.0406. The summed E-state index contributed by atoms with van der Waals surface area (Å²) in [6.07, 6.45) is 20.6. The minimum atomic E-state index is -0.698. The monoisotopic (exact) mass is 1070 g/mol. The van der Waals surface area contributed by atoms with Crippen molar-refractivity contribution >= 4 is 46.1 Å². The van der Waals surface area contributed by atoms with Crippen molar-refractivity contribution in [3.63, 3.8) is 0 Å². The van der Waals surface area contributed by atoms with Crippen molar-refractivity contribution < 1.29 is 33.4 Å². The number of imidazole rings is 1. The van der Waals surface area contributed by atoms with Gasteiger partial charge in [0, 0.05) is 122 Å². The van der Waals surface area contributed by atoms with E-state index < -0.39 is 11.9 Å². The number of aryl methyl sites for hydroxylation is 3. The molecule has 4 amide bonds. The van der Waals surface area contributed by atoms with Crippen molar-refractivity contribution in [2.24, 2.45) is 19.5 Å². The summed E-state index contributed by atoms with van der Waals surface area (Å²) in [6, 6.07) is 17.3. The molecular weight excluding hydrogens is 991 g/mol. The largest absolute Gasteiger partial charge is 0.383 e. The number of amides is 4. The second-order valence-corrected chi connectivity index (χ2v) is 21.5. The normalized spacial score (nSPS) is 21.0. The van der Waals surface area contributed by atoms with Crippen molar-refractivity contribution in [1.29, 1.82) is 0 Å². The first-order chi connectivity index (χ1) is 37.9. The number of hydrogen-bond donors (Lipinski definition) is 4. The number of carbonyl (C=O) groups excluding carboxylic acids is 4. The van der Waals surface area contributed by atoms with Gasteiger partial charge in [0.05, 0.1) is 41.5 Å². The van der Waals surface area contributed by atoms with Crippen molar-refractivity contribution in [1.82, 2.24) is 49.6 Å². The van der Waals surface area contributed by atoms with Crippen molar-refractivity contribution in [2.75, 3.05) is 84.6 Å². The fourth-order valence-corrected chi connectivity index (χ4v) is 11.2. The molecule has 416 valence electrons. The van der Waals surface area contributed by atoms with E-state index in [0.717, 1.165) is 119 Å². The van der Waals surface area contributed by atoms with Gasteiger partial charge in [-0.15, -0.1) is 0 Å². The standard InChI is InChI=1S/C59H77N11O8/c1-66-39-46(38-63-66)45-36-47(55(60)62-37-45)56(73)64-48-14-6-15-52(48)78-41-59(23-21-44(22-24-59)43-12-4-3-5-13-43)40-69-29-27-68(28-30-69)26-7-16-53(71)61-25-9-32-77-34-10-33-76-31-8-11-42-17-18-49-51(35-42)67(2)58(75)70(49)50-19-20-54(72)65-57(50)74/h3-5,12-13,17-18,21-23,35-39,48,50,52H,6-11,14-16,19-20,24-34,40-41H2,1-2H3,(H2,60,62)(H,61,71)(H,64,73)(H,65,72,74)/t48-,50?,52-,59?/m0/s1. The maximum Gasteiger partial charge on any atom is 0.329 e. The lowest BCUT2D eigenvalue weighted by atomic mass is 9.79. The average Bonchev–Trinajstić information content (AvgIpc) is 4.16. The minimum Gasteiger partial charge on any atom is -0.383 e. The zero-order chi connectivity index (χ0) is 54.4. The lowest BCUT2D eigenvalue weighted by Gasteiger charge is -2.42. The smallest absolute Gasteiger partial charge is 0.329 e. The molecule has 3 aromatic heterocycles. The number of rotatable bonds is 26. The van der Waals surface area contributed by atoms with Crippen molar-refractivity contribution in [2.45, 2.75) is 95.2 Å². The van der Waals surface area contributed by atoms with Crippen LogP contribution in [0.3, 0.4) is 0 Å². The maximum atomic E-state index is 13.7. The fourth-order valence-electron chi connectivity index (χ4n) is 11.2. The van der Waals surface area contributed by atoms with Gasteiger partial charge in [0.25, 0.3) is 5.91 Å². The lowest BCUT2D eigenvalue weighted by Crippen LogP contribution is -2.51. The molecule has 0 bridgehead atoms. The van der Waals surface area contributed by atoms with Gasteiger partial charge < -0.3 is 35.5 Å². The number of piperidine rings is 1. The second kappa shape index (κ2) is 26.7. The molecule has 2 aromatic carbocycles. The van der Waals surface area contributed by atoms with Gasteiger partial charge in [-0.25, -0.2) is 9.78 Å². The Kier molecular flexibility index (Phi) is 19.2. The minimum absolute atomic E-state index is 0.0748. The van der Waals surface area contributed by atoms with E-state index in [-0.39, 0.29) is 53.2 Å². The number of pyridine rings is 1. The molecule has 5 aromatic rings. The number of nitrogens with zero attached hydrogens (tertiary/aromatic N) is 7. The van der Waals surface area contributed by atoms with E-state index in [9.17, 15) is 24.0 Å². The number of imide groups is 1. The van der Waals surface area contributed by atoms with Crippen LogP contribution in [-0.2, 0) is 49.1 Å². The molecule has 2 unspecified atom stereocenters. The highest BCUT2D eigenvalue weighted by Gasteiger charge is 2.37. The number of anilines is 1. The average molecular weight is 1070 g/mol. The molecule has 3 fully saturated rings. The third-order valence-electron chi connectivity index (χ3n) is 15.7. The molecule has 78 heavy (non-hydrogen) atoms. The van der Waals surface area contributed by atoms with Gasteiger partial charge in [0.1, 0.15) is 11.9 Å². The van der Waals surface area contributed by atoms with Crippen LogP contribution in [0.4, 0.5) is 5.82 Å². The predicted molar refractivity (Wildman–Crippen MR) is 299 cm³/mol. The van der Waals surface area contributed by atoms with Gasteiger partial charge in [0.2, 0.25) is 17.7 Å². The van der Waals surface area contributed by atoms with E-state index in [1.807, 2.05) is 37.5 Å². The number of nitrogen functional groups attached to an aromatic ring is 1. The van der Waals surface area contributed by atoms with Crippen LogP contribution in [0.25, 0.3) is 27.7 Å². The van der Waals surface area contributed by atoms with E-state index in [0.29, 0.717) is 63.5 Å². The van der Waals surface area contributed by atoms with Gasteiger partial charge in [-0.2, -0.15) is 5.10 Å². The van der Waals surface area contributed by atoms with Crippen LogP contribution in [0, 0.1) is 5.41 Å². The highest BCUT2D eigenvalue weighted by Crippen LogP contribution is 2.37. The fraction of sp³-hybridized carbons (Fsp3) is 0.508. The molecule has 1 saturated carbocycles. The summed E-state index contributed by atoms with van der Waals surface area (Å²) in [5.74, 6) is -0.728. The number of benzene rings is 2. The first kappa shape index (κ1) is 56.0. The number of nitrogens with one attached hydrogen (secondary N) is 3. The van der Waals surface area contributed by atoms with E-state index >= 15 is 0 Å². The number of piperazine rings is 1. The third-order valence-corrected chi connectivity index (χ3v) is 15.7. The molecule has 19 nitrogen and oxygen atoms in total. The van der Waals surface area contributed by atoms with Crippen LogP contribution >= 0.6 is 0 Å². The molecule has 5 heterocycles. The molecule has 2 aliphatic heterocycles. The topological polar surface area (TPSA) is 222 Å². The molecule has 2 aliphatic carbocycles. The van der Waals surface area contributed by atoms with E-state index in [2.05, 4.69) is 78.3 Å². The van der Waals surface area contributed by atoms with E-state index in [4.69, 9.17) is 19.9 Å². The second-order valence-electron chi connectivity index (χ2n) is 21.5. The lowest BCUT2D eigenvalue weighted by molar-refractivity contribution is -0.135. The first-order valence-electron chi connectivity index (χ1n) is 27.9. The SMILES string of the molecule is Cn1cc(-c2cnc(N)c(C(=O)N[C@H]3CCC[C@@H]3OCC3(CN4CCN(CCCC(=O)NCCCOCCCOCCCc5ccc6c(c5)n(C)c(=O)n6C5CCC(=O)NC5=O)CC4)C=CC(c4ccccc4)=CC3)c2)cn1. The Morgan fingerprint density at radius 1 is 0.846 bits per heavy atom. The number of ether oxygens (including phenoxy) is 3. The molecule has 19 heteroatoms. The Labute approximate surface area is 456 Å². The number of allylic oxidation sites excluding steroid dienone is 3.